The molecule has 0 aliphatic heterocycles. The van der Waals surface area contributed by atoms with Gasteiger partial charge in [0.25, 0.3) is 0 Å². The van der Waals surface area contributed by atoms with Crippen molar-refractivity contribution in [3.63, 3.8) is 0 Å². The standard InChI is InChI=1S/C13H20N2O2/c1-10(7-14)5-13(17)15-8-11-3-2-4-12(6-11)9-16/h2-4,6,10,16H,5,7-9,14H2,1H3,(H,15,17). The normalized spacial score (nSPS) is 12.2. The van der Waals surface area contributed by atoms with Crippen LogP contribution in [0.15, 0.2) is 24.3 Å². The van der Waals surface area contributed by atoms with Gasteiger partial charge in [-0.05, 0) is 23.6 Å². The molecule has 0 saturated heterocycles. The van der Waals surface area contributed by atoms with Gasteiger partial charge in [-0.25, -0.2) is 0 Å². The third-order valence-electron chi connectivity index (χ3n) is 2.60. The molecule has 1 aromatic rings. The molecule has 0 saturated carbocycles. The lowest BCUT2D eigenvalue weighted by molar-refractivity contribution is -0.122. The van der Waals surface area contributed by atoms with E-state index < -0.39 is 0 Å². The first kappa shape index (κ1) is 13.7. The molecule has 1 atom stereocenters. The Balaban J connectivity index is 2.41. The first-order valence-corrected chi connectivity index (χ1v) is 5.81. The summed E-state index contributed by atoms with van der Waals surface area (Å²) in [6.45, 7) is 2.98. The minimum Gasteiger partial charge on any atom is -0.392 e. The predicted molar refractivity (Wildman–Crippen MR) is 67.0 cm³/mol. The number of hydrogen-bond acceptors (Lipinski definition) is 3. The highest BCUT2D eigenvalue weighted by molar-refractivity contribution is 5.76. The zero-order valence-corrected chi connectivity index (χ0v) is 10.1. The number of aliphatic hydroxyl groups is 1. The minimum absolute atomic E-state index is 0.0114. The largest absolute Gasteiger partial charge is 0.392 e. The van der Waals surface area contributed by atoms with Gasteiger partial charge in [-0.1, -0.05) is 31.2 Å². The van der Waals surface area contributed by atoms with Gasteiger partial charge in [-0.2, -0.15) is 0 Å². The van der Waals surface area contributed by atoms with Crippen LogP contribution in [0, 0.1) is 5.92 Å². The molecule has 0 aliphatic rings. The van der Waals surface area contributed by atoms with Gasteiger partial charge in [0.15, 0.2) is 0 Å². The minimum atomic E-state index is 0.0114. The topological polar surface area (TPSA) is 75.4 Å². The molecule has 4 heteroatoms. The van der Waals surface area contributed by atoms with E-state index in [1.54, 1.807) is 0 Å². The van der Waals surface area contributed by atoms with Crippen LogP contribution in [0.3, 0.4) is 0 Å². The number of carbonyl (C=O) groups is 1. The maximum atomic E-state index is 11.5. The van der Waals surface area contributed by atoms with Crippen LogP contribution in [0.25, 0.3) is 0 Å². The Morgan fingerprint density at radius 1 is 1.47 bits per heavy atom. The van der Waals surface area contributed by atoms with E-state index in [9.17, 15) is 4.79 Å². The van der Waals surface area contributed by atoms with Crippen molar-refractivity contribution in [1.29, 1.82) is 0 Å². The molecule has 4 N–H and O–H groups in total. The van der Waals surface area contributed by atoms with E-state index in [1.807, 2.05) is 31.2 Å². The average Bonchev–Trinajstić information content (AvgIpc) is 2.36. The zero-order valence-electron chi connectivity index (χ0n) is 10.1. The van der Waals surface area contributed by atoms with Gasteiger partial charge in [0.2, 0.25) is 5.91 Å². The molecule has 0 aliphatic carbocycles. The number of nitrogens with two attached hydrogens (primary N) is 1. The molecule has 17 heavy (non-hydrogen) atoms. The van der Waals surface area contributed by atoms with Crippen LogP contribution in [0.5, 0.6) is 0 Å². The van der Waals surface area contributed by atoms with Crippen molar-refractivity contribution in [2.45, 2.75) is 26.5 Å². The SMILES string of the molecule is CC(CN)CC(=O)NCc1cccc(CO)c1. The van der Waals surface area contributed by atoms with Gasteiger partial charge < -0.3 is 16.2 Å². The molecule has 1 aromatic carbocycles. The van der Waals surface area contributed by atoms with E-state index in [-0.39, 0.29) is 18.4 Å². The second kappa shape index (κ2) is 7.04. The highest BCUT2D eigenvalue weighted by atomic mass is 16.3. The fourth-order valence-corrected chi connectivity index (χ4v) is 1.51. The zero-order chi connectivity index (χ0) is 12.7. The highest BCUT2D eigenvalue weighted by Gasteiger charge is 2.06. The Labute approximate surface area is 102 Å². The van der Waals surface area contributed by atoms with E-state index in [0.29, 0.717) is 19.5 Å². The molecule has 0 spiro atoms. The summed E-state index contributed by atoms with van der Waals surface area (Å²) in [4.78, 5) is 11.5. The smallest absolute Gasteiger partial charge is 0.220 e. The number of benzene rings is 1. The van der Waals surface area contributed by atoms with Crippen LogP contribution < -0.4 is 11.1 Å². The molecule has 0 aromatic heterocycles. The lowest BCUT2D eigenvalue weighted by Crippen LogP contribution is -2.26. The van der Waals surface area contributed by atoms with Crippen LogP contribution in [0.2, 0.25) is 0 Å². The molecule has 1 amide bonds. The summed E-state index contributed by atoms with van der Waals surface area (Å²) in [5.74, 6) is 0.219. The van der Waals surface area contributed by atoms with E-state index >= 15 is 0 Å². The fraction of sp³-hybridized carbons (Fsp3) is 0.462. The molecule has 1 rings (SSSR count). The average molecular weight is 236 g/mol. The molecular formula is C13H20N2O2. The van der Waals surface area contributed by atoms with Crippen LogP contribution in [-0.2, 0) is 17.9 Å². The maximum Gasteiger partial charge on any atom is 0.220 e. The molecule has 0 heterocycles. The van der Waals surface area contributed by atoms with E-state index in [0.717, 1.165) is 11.1 Å². The number of rotatable bonds is 6. The summed E-state index contributed by atoms with van der Waals surface area (Å²) >= 11 is 0. The van der Waals surface area contributed by atoms with Crippen molar-refractivity contribution in [2.75, 3.05) is 6.54 Å². The fourth-order valence-electron chi connectivity index (χ4n) is 1.51. The summed E-state index contributed by atoms with van der Waals surface area (Å²) in [6.07, 6.45) is 0.455. The first-order chi connectivity index (χ1) is 8.15. The van der Waals surface area contributed by atoms with Gasteiger partial charge >= 0.3 is 0 Å². The van der Waals surface area contributed by atoms with Crippen molar-refractivity contribution in [3.8, 4) is 0 Å². The Kier molecular flexibility index (Phi) is 5.66. The summed E-state index contributed by atoms with van der Waals surface area (Å²) in [5, 5.41) is 11.8. The third kappa shape index (κ3) is 4.97. The number of nitrogens with one attached hydrogen (secondary N) is 1. The molecule has 4 nitrogen and oxygen atoms in total. The van der Waals surface area contributed by atoms with E-state index in [1.165, 1.54) is 0 Å². The van der Waals surface area contributed by atoms with Crippen LogP contribution in [0.1, 0.15) is 24.5 Å². The molecule has 0 bridgehead atoms. The second-order valence-corrected chi connectivity index (χ2v) is 4.30. The molecule has 0 fully saturated rings. The number of amides is 1. The quantitative estimate of drug-likeness (QED) is 0.683. The lowest BCUT2D eigenvalue weighted by Gasteiger charge is -2.09. The summed E-state index contributed by atoms with van der Waals surface area (Å²) < 4.78 is 0. The van der Waals surface area contributed by atoms with Crippen molar-refractivity contribution in [1.82, 2.24) is 5.32 Å². The Morgan fingerprint density at radius 3 is 2.82 bits per heavy atom. The van der Waals surface area contributed by atoms with Crippen molar-refractivity contribution in [3.05, 3.63) is 35.4 Å². The van der Waals surface area contributed by atoms with Gasteiger partial charge in [-0.3, -0.25) is 4.79 Å². The molecular weight excluding hydrogens is 216 g/mol. The van der Waals surface area contributed by atoms with Crippen molar-refractivity contribution < 1.29 is 9.90 Å². The third-order valence-corrected chi connectivity index (χ3v) is 2.60. The Bertz CT molecular complexity index is 366. The summed E-state index contributed by atoms with van der Waals surface area (Å²) in [7, 11) is 0. The van der Waals surface area contributed by atoms with Crippen molar-refractivity contribution >= 4 is 5.91 Å². The maximum absolute atomic E-state index is 11.5. The highest BCUT2D eigenvalue weighted by Crippen LogP contribution is 2.05. The predicted octanol–water partition coefficient (Wildman–Crippen LogP) is 0.780. The second-order valence-electron chi connectivity index (χ2n) is 4.30. The number of aliphatic hydroxyl groups excluding tert-OH is 1. The van der Waals surface area contributed by atoms with Gasteiger partial charge in [0.05, 0.1) is 6.61 Å². The Hall–Kier alpha value is -1.39. The molecule has 1 unspecified atom stereocenters. The summed E-state index contributed by atoms with van der Waals surface area (Å²) in [6, 6.07) is 7.52. The van der Waals surface area contributed by atoms with E-state index in [2.05, 4.69) is 5.32 Å². The summed E-state index contributed by atoms with van der Waals surface area (Å²) in [5.41, 5.74) is 7.30. The van der Waals surface area contributed by atoms with Crippen molar-refractivity contribution in [2.24, 2.45) is 11.7 Å². The lowest BCUT2D eigenvalue weighted by atomic mass is 10.1. The van der Waals surface area contributed by atoms with Gasteiger partial charge in [0.1, 0.15) is 0 Å². The first-order valence-electron chi connectivity index (χ1n) is 5.81. The van der Waals surface area contributed by atoms with Crippen LogP contribution in [-0.4, -0.2) is 17.6 Å². The number of carbonyl (C=O) groups excluding carboxylic acids is 1. The van der Waals surface area contributed by atoms with E-state index in [4.69, 9.17) is 10.8 Å². The number of hydrogen-bond donors (Lipinski definition) is 3. The Morgan fingerprint density at radius 2 is 2.18 bits per heavy atom. The molecule has 0 radical (unpaired) electrons. The van der Waals surface area contributed by atoms with Crippen LogP contribution in [0.4, 0.5) is 0 Å². The molecule has 94 valence electrons. The van der Waals surface area contributed by atoms with Gasteiger partial charge in [-0.15, -0.1) is 0 Å². The van der Waals surface area contributed by atoms with Gasteiger partial charge in [0, 0.05) is 13.0 Å². The monoisotopic (exact) mass is 236 g/mol. The van der Waals surface area contributed by atoms with Crippen LogP contribution >= 0.6 is 0 Å².